The number of nitrogens with zero attached hydrogens (tertiary/aromatic N) is 3. The van der Waals surface area contributed by atoms with Crippen LogP contribution in [0.5, 0.6) is 0 Å². The summed E-state index contributed by atoms with van der Waals surface area (Å²) in [6, 6.07) is 3.41. The highest BCUT2D eigenvalue weighted by Crippen LogP contribution is 2.21. The first-order valence-corrected chi connectivity index (χ1v) is 7.47. The second-order valence-electron chi connectivity index (χ2n) is 4.67. The number of aryl methyl sites for hydroxylation is 2. The molecule has 2 N–H and O–H groups in total. The lowest BCUT2D eigenvalue weighted by Crippen LogP contribution is -2.15. The average Bonchev–Trinajstić information content (AvgIpc) is 2.69. The lowest BCUT2D eigenvalue weighted by molar-refractivity contribution is 0.600. The largest absolute Gasteiger partial charge is 0.363 e. The second kappa shape index (κ2) is 5.12. The summed E-state index contributed by atoms with van der Waals surface area (Å²) in [5.41, 5.74) is 1.36. The van der Waals surface area contributed by atoms with Crippen molar-refractivity contribution in [3.8, 4) is 0 Å². The van der Waals surface area contributed by atoms with Gasteiger partial charge in [-0.25, -0.2) is 13.4 Å². The van der Waals surface area contributed by atoms with Gasteiger partial charge in [0.15, 0.2) is 0 Å². The molecule has 0 radical (unpaired) electrons. The van der Waals surface area contributed by atoms with Gasteiger partial charge in [-0.2, -0.15) is 5.10 Å². The SMILES string of the molecule is Cc1n[nH]c(C)c1S(=O)(=O)Nc1ccc(N(C)C)nc1. The van der Waals surface area contributed by atoms with Crippen molar-refractivity contribution in [2.24, 2.45) is 0 Å². The lowest BCUT2D eigenvalue weighted by Gasteiger charge is -2.12. The van der Waals surface area contributed by atoms with Gasteiger partial charge in [-0.3, -0.25) is 9.82 Å². The molecule has 0 atom stereocenters. The van der Waals surface area contributed by atoms with E-state index >= 15 is 0 Å². The van der Waals surface area contributed by atoms with E-state index in [1.165, 1.54) is 6.20 Å². The molecule has 0 aliphatic rings. The van der Waals surface area contributed by atoms with E-state index in [9.17, 15) is 8.42 Å². The predicted octanol–water partition coefficient (Wildman–Crippen LogP) is 1.29. The zero-order chi connectivity index (χ0) is 14.9. The molecule has 0 fully saturated rings. The molecule has 0 aromatic carbocycles. The van der Waals surface area contributed by atoms with Crippen LogP contribution in [0.1, 0.15) is 11.4 Å². The lowest BCUT2D eigenvalue weighted by atomic mass is 10.4. The number of sulfonamides is 1. The minimum atomic E-state index is -3.66. The molecule has 0 saturated heterocycles. The third kappa shape index (κ3) is 2.74. The summed E-state index contributed by atoms with van der Waals surface area (Å²) in [6.07, 6.45) is 1.48. The summed E-state index contributed by atoms with van der Waals surface area (Å²) in [6.45, 7) is 3.31. The van der Waals surface area contributed by atoms with E-state index in [0.717, 1.165) is 5.82 Å². The predicted molar refractivity (Wildman–Crippen MR) is 77.4 cm³/mol. The fourth-order valence-electron chi connectivity index (χ4n) is 1.85. The number of anilines is 2. The first-order chi connectivity index (χ1) is 9.31. The van der Waals surface area contributed by atoms with Crippen LogP contribution >= 0.6 is 0 Å². The van der Waals surface area contributed by atoms with Crippen LogP contribution in [0.25, 0.3) is 0 Å². The number of nitrogens with one attached hydrogen (secondary N) is 2. The summed E-state index contributed by atoms with van der Waals surface area (Å²) in [4.78, 5) is 6.18. The van der Waals surface area contributed by atoms with Crippen molar-refractivity contribution in [2.45, 2.75) is 18.7 Å². The molecular weight excluding hydrogens is 278 g/mol. The maximum atomic E-state index is 12.3. The highest BCUT2D eigenvalue weighted by molar-refractivity contribution is 7.92. The molecular formula is C12H17N5O2S. The fourth-order valence-corrected chi connectivity index (χ4v) is 3.27. The molecule has 0 aliphatic heterocycles. The molecule has 2 heterocycles. The number of H-pyrrole nitrogens is 1. The first-order valence-electron chi connectivity index (χ1n) is 5.99. The summed E-state index contributed by atoms with van der Waals surface area (Å²) in [7, 11) is 0.0691. The van der Waals surface area contributed by atoms with Gasteiger partial charge >= 0.3 is 0 Å². The average molecular weight is 295 g/mol. The van der Waals surface area contributed by atoms with Crippen LogP contribution in [0.2, 0.25) is 0 Å². The number of hydrogen-bond acceptors (Lipinski definition) is 5. The Morgan fingerprint density at radius 1 is 1.25 bits per heavy atom. The van der Waals surface area contributed by atoms with Gasteiger partial charge in [0.2, 0.25) is 0 Å². The van der Waals surface area contributed by atoms with Crippen molar-refractivity contribution in [3.05, 3.63) is 29.7 Å². The normalized spacial score (nSPS) is 11.4. The molecule has 8 heteroatoms. The van der Waals surface area contributed by atoms with Crippen LogP contribution < -0.4 is 9.62 Å². The quantitative estimate of drug-likeness (QED) is 0.887. The Morgan fingerprint density at radius 3 is 2.40 bits per heavy atom. The van der Waals surface area contributed by atoms with Gasteiger partial charge in [0.05, 0.1) is 23.3 Å². The summed E-state index contributed by atoms with van der Waals surface area (Å²) < 4.78 is 27.1. The molecule has 2 rings (SSSR count). The Morgan fingerprint density at radius 2 is 1.95 bits per heavy atom. The number of aromatic nitrogens is 3. The van der Waals surface area contributed by atoms with Crippen molar-refractivity contribution >= 4 is 21.5 Å². The van der Waals surface area contributed by atoms with E-state index in [1.807, 2.05) is 19.0 Å². The Balaban J connectivity index is 2.29. The molecule has 7 nitrogen and oxygen atoms in total. The number of rotatable bonds is 4. The Labute approximate surface area is 118 Å². The topological polar surface area (TPSA) is 91.0 Å². The van der Waals surface area contributed by atoms with Crippen LogP contribution in [0.15, 0.2) is 23.2 Å². The van der Waals surface area contributed by atoms with E-state index in [2.05, 4.69) is 19.9 Å². The van der Waals surface area contributed by atoms with E-state index < -0.39 is 10.0 Å². The molecule has 2 aromatic rings. The van der Waals surface area contributed by atoms with Crippen molar-refractivity contribution in [2.75, 3.05) is 23.7 Å². The molecule has 0 amide bonds. The van der Waals surface area contributed by atoms with Crippen molar-refractivity contribution in [3.63, 3.8) is 0 Å². The molecule has 108 valence electrons. The summed E-state index contributed by atoms with van der Waals surface area (Å²) in [5, 5.41) is 6.56. The van der Waals surface area contributed by atoms with E-state index in [4.69, 9.17) is 0 Å². The number of pyridine rings is 1. The van der Waals surface area contributed by atoms with Gasteiger partial charge in [-0.15, -0.1) is 0 Å². The molecule has 0 spiro atoms. The summed E-state index contributed by atoms with van der Waals surface area (Å²) in [5.74, 6) is 0.753. The molecule has 0 bridgehead atoms. The number of hydrogen-bond donors (Lipinski definition) is 2. The maximum Gasteiger partial charge on any atom is 0.265 e. The number of aromatic amines is 1. The van der Waals surface area contributed by atoms with Crippen molar-refractivity contribution < 1.29 is 8.42 Å². The fraction of sp³-hybridized carbons (Fsp3) is 0.333. The monoisotopic (exact) mass is 295 g/mol. The highest BCUT2D eigenvalue weighted by Gasteiger charge is 2.22. The van der Waals surface area contributed by atoms with Gasteiger partial charge in [-0.05, 0) is 26.0 Å². The van der Waals surface area contributed by atoms with Crippen molar-refractivity contribution in [1.29, 1.82) is 0 Å². The van der Waals surface area contributed by atoms with Crippen LogP contribution in [0.3, 0.4) is 0 Å². The Bertz CT molecular complexity index is 684. The first kappa shape index (κ1) is 14.3. The van der Waals surface area contributed by atoms with E-state index in [0.29, 0.717) is 17.1 Å². The molecule has 20 heavy (non-hydrogen) atoms. The zero-order valence-corrected chi connectivity index (χ0v) is 12.6. The van der Waals surface area contributed by atoms with Gasteiger partial charge < -0.3 is 4.90 Å². The van der Waals surface area contributed by atoms with Crippen LogP contribution in [-0.2, 0) is 10.0 Å². The van der Waals surface area contributed by atoms with Gasteiger partial charge in [0.1, 0.15) is 10.7 Å². The smallest absolute Gasteiger partial charge is 0.265 e. The van der Waals surface area contributed by atoms with Gasteiger partial charge in [-0.1, -0.05) is 0 Å². The van der Waals surface area contributed by atoms with Gasteiger partial charge in [0.25, 0.3) is 10.0 Å². The Hall–Kier alpha value is -2.09. The molecule has 0 aliphatic carbocycles. The van der Waals surface area contributed by atoms with Gasteiger partial charge in [0, 0.05) is 14.1 Å². The van der Waals surface area contributed by atoms with Crippen LogP contribution in [0, 0.1) is 13.8 Å². The standard InChI is InChI=1S/C12H17N5O2S/c1-8-12(9(2)15-14-8)20(18,19)16-10-5-6-11(13-7-10)17(3)4/h5-7,16H,1-4H3,(H,14,15). The summed E-state index contributed by atoms with van der Waals surface area (Å²) >= 11 is 0. The minimum Gasteiger partial charge on any atom is -0.363 e. The van der Waals surface area contributed by atoms with E-state index in [1.54, 1.807) is 26.0 Å². The van der Waals surface area contributed by atoms with Crippen LogP contribution in [-0.4, -0.2) is 37.7 Å². The third-order valence-corrected chi connectivity index (χ3v) is 4.43. The van der Waals surface area contributed by atoms with Crippen molar-refractivity contribution in [1.82, 2.24) is 15.2 Å². The second-order valence-corrected chi connectivity index (χ2v) is 6.29. The van der Waals surface area contributed by atoms with Crippen LogP contribution in [0.4, 0.5) is 11.5 Å². The van der Waals surface area contributed by atoms with E-state index in [-0.39, 0.29) is 4.90 Å². The maximum absolute atomic E-state index is 12.3. The zero-order valence-electron chi connectivity index (χ0n) is 11.8. The minimum absolute atomic E-state index is 0.175. The molecule has 0 saturated carbocycles. The molecule has 2 aromatic heterocycles. The third-order valence-electron chi connectivity index (χ3n) is 2.79. The Kier molecular flexibility index (Phi) is 3.67. The highest BCUT2D eigenvalue weighted by atomic mass is 32.2. The molecule has 0 unspecified atom stereocenters.